The lowest BCUT2D eigenvalue weighted by Crippen LogP contribution is -2.55. The van der Waals surface area contributed by atoms with Gasteiger partial charge in [-0.25, -0.2) is 9.97 Å². The third-order valence-electron chi connectivity index (χ3n) is 9.21. The molecule has 0 unspecified atom stereocenters. The normalized spacial score (nSPS) is 11.7. The summed E-state index contributed by atoms with van der Waals surface area (Å²) < 4.78 is 9.33. The Labute approximate surface area is 293 Å². The van der Waals surface area contributed by atoms with E-state index in [4.69, 9.17) is 53.6 Å². The molecule has 0 saturated heterocycles. The maximum Gasteiger partial charge on any atom is 0.164 e. The Kier molecular flexibility index (Phi) is 6.96. The molecule has 0 aliphatic carbocycles. The van der Waals surface area contributed by atoms with Crippen LogP contribution in [0.2, 0.25) is 0 Å². The highest BCUT2D eigenvalue weighted by atomic mass is 32.1. The highest BCUT2D eigenvalue weighted by Crippen LogP contribution is 2.44. The molecule has 0 fully saturated rings. The Hall–Kier alpha value is -5.26. The Morgan fingerprint density at radius 1 is 0.469 bits per heavy atom. The van der Waals surface area contributed by atoms with E-state index >= 15 is 0 Å². The molecule has 49 heavy (non-hydrogen) atoms. The standard InChI is InChI=1S/C40H19B5N2OS/c41-32-31(33(42)35(44)36(45)34(32)43)29-19-28(20-9-2-1-3-10-20)46-40(47-29)27-17-7-13-23-22-12-6-14-24(37(22)48-38(23)27)26-16-8-15-25-21-11-4-5-18-30(21)49-39(25)26/h1-19H. The van der Waals surface area contributed by atoms with Crippen molar-refractivity contribution < 1.29 is 4.42 Å². The van der Waals surface area contributed by atoms with E-state index in [2.05, 4.69) is 66.7 Å². The zero-order valence-electron chi connectivity index (χ0n) is 26.1. The van der Waals surface area contributed by atoms with E-state index in [1.165, 1.54) is 20.2 Å². The average Bonchev–Trinajstić information content (AvgIpc) is 3.72. The van der Waals surface area contributed by atoms with E-state index in [9.17, 15) is 0 Å². The predicted octanol–water partition coefficient (Wildman–Crippen LogP) is 5.38. The third-order valence-corrected chi connectivity index (χ3v) is 10.4. The van der Waals surface area contributed by atoms with Crippen molar-refractivity contribution in [2.45, 2.75) is 0 Å². The topological polar surface area (TPSA) is 38.9 Å². The summed E-state index contributed by atoms with van der Waals surface area (Å²) in [5.41, 5.74) is 7.60. The van der Waals surface area contributed by atoms with Gasteiger partial charge in [0.15, 0.2) is 5.82 Å². The molecule has 216 valence electrons. The van der Waals surface area contributed by atoms with Gasteiger partial charge in [-0.05, 0) is 23.8 Å². The summed E-state index contributed by atoms with van der Waals surface area (Å²) in [5, 5.41) is 4.43. The van der Waals surface area contributed by atoms with Crippen LogP contribution in [-0.2, 0) is 0 Å². The number of hydrogen-bond donors (Lipinski definition) is 0. The molecule has 0 spiro atoms. The first-order valence-electron chi connectivity index (χ1n) is 15.7. The molecule has 3 nitrogen and oxygen atoms in total. The van der Waals surface area contributed by atoms with Gasteiger partial charge in [-0.1, -0.05) is 108 Å². The smallest absolute Gasteiger partial charge is 0.164 e. The molecule has 0 N–H and O–H groups in total. The van der Waals surface area contributed by atoms with Gasteiger partial charge in [-0.15, -0.1) is 27.7 Å². The number of nitrogens with zero attached hydrogens (tertiary/aromatic N) is 2. The summed E-state index contributed by atoms with van der Waals surface area (Å²) in [6.45, 7) is 0. The number of thiophene rings is 1. The van der Waals surface area contributed by atoms with E-state index in [0.717, 1.165) is 33.0 Å². The van der Waals surface area contributed by atoms with Crippen LogP contribution in [-0.4, -0.2) is 49.2 Å². The maximum atomic E-state index is 6.86. The molecular weight excluding hydrogens is 611 g/mol. The fourth-order valence-electron chi connectivity index (χ4n) is 6.75. The highest BCUT2D eigenvalue weighted by molar-refractivity contribution is 7.26. The molecule has 0 saturated carbocycles. The Bertz CT molecular complexity index is 2760. The first-order chi connectivity index (χ1) is 23.9. The van der Waals surface area contributed by atoms with E-state index in [-0.39, 0.29) is 27.3 Å². The lowest BCUT2D eigenvalue weighted by molar-refractivity contribution is 0.670. The second-order valence-corrected chi connectivity index (χ2v) is 13.1. The average molecular weight is 630 g/mol. The van der Waals surface area contributed by atoms with Crippen LogP contribution in [0.3, 0.4) is 0 Å². The van der Waals surface area contributed by atoms with Crippen molar-refractivity contribution in [3.63, 3.8) is 0 Å². The molecule has 6 aromatic carbocycles. The predicted molar refractivity (Wildman–Crippen MR) is 211 cm³/mol. The Morgan fingerprint density at radius 3 is 1.76 bits per heavy atom. The lowest BCUT2D eigenvalue weighted by atomic mass is 9.60. The van der Waals surface area contributed by atoms with Crippen LogP contribution in [0.5, 0.6) is 0 Å². The number of aromatic nitrogens is 2. The largest absolute Gasteiger partial charge is 0.455 e. The van der Waals surface area contributed by atoms with Crippen molar-refractivity contribution in [1.29, 1.82) is 0 Å². The molecule has 3 aromatic heterocycles. The van der Waals surface area contributed by atoms with Crippen LogP contribution in [0, 0.1) is 0 Å². The van der Waals surface area contributed by atoms with Gasteiger partial charge in [0.25, 0.3) is 0 Å². The van der Waals surface area contributed by atoms with E-state index in [1.807, 2.05) is 48.5 Å². The van der Waals surface area contributed by atoms with Crippen LogP contribution in [0.4, 0.5) is 0 Å². The maximum absolute atomic E-state index is 6.86. The number of para-hydroxylation sites is 2. The van der Waals surface area contributed by atoms with Crippen LogP contribution in [0.25, 0.3) is 87.1 Å². The Morgan fingerprint density at radius 2 is 1.02 bits per heavy atom. The fourth-order valence-corrected chi connectivity index (χ4v) is 7.98. The van der Waals surface area contributed by atoms with E-state index in [0.29, 0.717) is 33.9 Å². The first kappa shape index (κ1) is 29.9. The molecule has 9 rings (SSSR count). The molecule has 9 heteroatoms. The highest BCUT2D eigenvalue weighted by Gasteiger charge is 2.21. The molecule has 0 atom stereocenters. The summed E-state index contributed by atoms with van der Waals surface area (Å²) in [4.78, 5) is 10.1. The molecule has 9 aromatic rings. The second-order valence-electron chi connectivity index (χ2n) is 12.0. The molecule has 3 heterocycles. The number of fused-ring (bicyclic) bond motifs is 6. The number of hydrogen-bond acceptors (Lipinski definition) is 4. The van der Waals surface area contributed by atoms with Crippen molar-refractivity contribution >= 4 is 120 Å². The summed E-state index contributed by atoms with van der Waals surface area (Å²) in [5.74, 6) is 0.432. The van der Waals surface area contributed by atoms with Gasteiger partial charge in [0.1, 0.15) is 50.4 Å². The fraction of sp³-hybridized carbons (Fsp3) is 0. The third kappa shape index (κ3) is 4.63. The SMILES string of the molecule is [B]c1c([B])c([B])c(-c2cc(-c3ccccc3)nc(-c3cccc4c3oc3c(-c5cccc6c5sc5ccccc56)cccc34)n2)c([B])c1[B]. The van der Waals surface area contributed by atoms with Crippen molar-refractivity contribution in [1.82, 2.24) is 9.97 Å². The van der Waals surface area contributed by atoms with Crippen LogP contribution in [0.15, 0.2) is 120 Å². The minimum absolute atomic E-state index is 0.144. The molecule has 0 aliphatic rings. The van der Waals surface area contributed by atoms with Crippen LogP contribution >= 0.6 is 11.3 Å². The van der Waals surface area contributed by atoms with Gasteiger partial charge in [0.2, 0.25) is 0 Å². The van der Waals surface area contributed by atoms with Crippen molar-refractivity contribution in [3.8, 4) is 45.0 Å². The van der Waals surface area contributed by atoms with Gasteiger partial charge < -0.3 is 4.42 Å². The number of furan rings is 1. The minimum atomic E-state index is 0.144. The monoisotopic (exact) mass is 630 g/mol. The summed E-state index contributed by atoms with van der Waals surface area (Å²) >= 11 is 1.79. The van der Waals surface area contributed by atoms with Crippen LogP contribution < -0.4 is 27.3 Å². The van der Waals surface area contributed by atoms with E-state index in [1.54, 1.807) is 11.3 Å². The second kappa shape index (κ2) is 11.4. The zero-order chi connectivity index (χ0) is 33.4. The van der Waals surface area contributed by atoms with Crippen molar-refractivity contribution in [2.24, 2.45) is 0 Å². The van der Waals surface area contributed by atoms with Gasteiger partial charge >= 0.3 is 0 Å². The van der Waals surface area contributed by atoms with Gasteiger partial charge in [0, 0.05) is 47.6 Å². The van der Waals surface area contributed by atoms with Gasteiger partial charge in [-0.3, -0.25) is 0 Å². The zero-order valence-corrected chi connectivity index (χ0v) is 26.9. The van der Waals surface area contributed by atoms with Crippen molar-refractivity contribution in [3.05, 3.63) is 115 Å². The number of benzene rings is 6. The summed E-state index contributed by atoms with van der Waals surface area (Å²) in [6, 6.07) is 39.0. The molecule has 0 amide bonds. The lowest BCUT2D eigenvalue weighted by Gasteiger charge is -2.21. The minimum Gasteiger partial charge on any atom is -0.455 e. The quantitative estimate of drug-likeness (QED) is 0.246. The molecule has 0 bridgehead atoms. The Balaban J connectivity index is 1.30. The molecule has 0 aliphatic heterocycles. The number of rotatable bonds is 4. The first-order valence-corrected chi connectivity index (χ1v) is 16.5. The van der Waals surface area contributed by atoms with E-state index < -0.39 is 0 Å². The summed E-state index contributed by atoms with van der Waals surface area (Å²) in [6.07, 6.45) is 0. The van der Waals surface area contributed by atoms with Gasteiger partial charge in [-0.2, -0.15) is 0 Å². The summed E-state index contributed by atoms with van der Waals surface area (Å²) in [7, 11) is 31.7. The van der Waals surface area contributed by atoms with Crippen molar-refractivity contribution in [2.75, 3.05) is 0 Å². The molecule has 10 radical (unpaired) electrons. The van der Waals surface area contributed by atoms with Crippen LogP contribution in [0.1, 0.15) is 0 Å². The van der Waals surface area contributed by atoms with Gasteiger partial charge in [0.05, 0.1) is 17.0 Å². The molecular formula is C40H19B5N2OS.